The van der Waals surface area contributed by atoms with E-state index in [1.165, 1.54) is 4.90 Å². The molecule has 16 heavy (non-hydrogen) atoms. The maximum Gasteiger partial charge on any atom is 0.407 e. The first kappa shape index (κ1) is 11.2. The van der Waals surface area contributed by atoms with E-state index in [1.807, 2.05) is 6.92 Å². The van der Waals surface area contributed by atoms with Gasteiger partial charge in [0.1, 0.15) is 6.54 Å². The van der Waals surface area contributed by atoms with E-state index < -0.39 is 6.09 Å². The molecule has 0 radical (unpaired) electrons. The molecule has 6 heteroatoms. The van der Waals surface area contributed by atoms with Gasteiger partial charge in [0, 0.05) is 19.2 Å². The van der Waals surface area contributed by atoms with Gasteiger partial charge in [0.05, 0.1) is 12.6 Å². The number of hydrogen-bond donors (Lipinski definition) is 1. The van der Waals surface area contributed by atoms with Crippen LogP contribution in [0.25, 0.3) is 0 Å². The van der Waals surface area contributed by atoms with Crippen LogP contribution in [0, 0.1) is 0 Å². The summed E-state index contributed by atoms with van der Waals surface area (Å²) in [5, 5.41) is 8.86. The molecular formula is C10H16N2O4. The number of hydrogen-bond acceptors (Lipinski definition) is 3. The number of amides is 2. The number of piperazine rings is 1. The van der Waals surface area contributed by atoms with Gasteiger partial charge in [-0.2, -0.15) is 0 Å². The van der Waals surface area contributed by atoms with E-state index in [-0.39, 0.29) is 24.5 Å². The van der Waals surface area contributed by atoms with Crippen molar-refractivity contribution in [1.82, 2.24) is 9.80 Å². The highest BCUT2D eigenvalue weighted by molar-refractivity contribution is 5.83. The number of carbonyl (C=O) groups excluding carboxylic acids is 1. The summed E-state index contributed by atoms with van der Waals surface area (Å²) < 4.78 is 5.26. The Hall–Kier alpha value is -1.30. The first-order valence-electron chi connectivity index (χ1n) is 5.46. The van der Waals surface area contributed by atoms with Crippen LogP contribution in [-0.2, 0) is 9.53 Å². The van der Waals surface area contributed by atoms with Crippen molar-refractivity contribution in [1.29, 1.82) is 0 Å². The highest BCUT2D eigenvalue weighted by atomic mass is 16.5. The second-order valence-corrected chi connectivity index (χ2v) is 4.33. The molecule has 2 atom stereocenters. The molecule has 0 saturated carbocycles. The molecular weight excluding hydrogens is 212 g/mol. The SMILES string of the molecule is CC1CN(C(=O)O)CC(=O)N1C1CCOC1. The minimum absolute atomic E-state index is 0.0316. The minimum atomic E-state index is -1.03. The molecule has 1 N–H and O–H groups in total. The predicted molar refractivity (Wildman–Crippen MR) is 55.1 cm³/mol. The molecule has 0 bridgehead atoms. The molecule has 6 nitrogen and oxygen atoms in total. The Bertz CT molecular complexity index is 301. The van der Waals surface area contributed by atoms with Crippen molar-refractivity contribution in [3.63, 3.8) is 0 Å². The molecule has 0 aromatic rings. The molecule has 0 aromatic heterocycles. The third-order valence-corrected chi connectivity index (χ3v) is 3.14. The van der Waals surface area contributed by atoms with E-state index in [9.17, 15) is 9.59 Å². The summed E-state index contributed by atoms with van der Waals surface area (Å²) in [5.41, 5.74) is 0. The standard InChI is InChI=1S/C10H16N2O4/c1-7-4-11(10(14)15)5-9(13)12(7)8-2-3-16-6-8/h7-8H,2-6H2,1H3,(H,14,15). The Morgan fingerprint density at radius 1 is 1.56 bits per heavy atom. The highest BCUT2D eigenvalue weighted by Gasteiger charge is 2.37. The normalized spacial score (nSPS) is 30.9. The van der Waals surface area contributed by atoms with Gasteiger partial charge in [0.25, 0.3) is 0 Å². The maximum atomic E-state index is 11.9. The zero-order chi connectivity index (χ0) is 11.7. The number of nitrogens with zero attached hydrogens (tertiary/aromatic N) is 2. The Morgan fingerprint density at radius 3 is 2.81 bits per heavy atom. The quantitative estimate of drug-likeness (QED) is 0.685. The predicted octanol–water partition coefficient (Wildman–Crippen LogP) is -0.0140. The van der Waals surface area contributed by atoms with Crippen molar-refractivity contribution in [2.75, 3.05) is 26.3 Å². The van der Waals surface area contributed by atoms with E-state index in [4.69, 9.17) is 9.84 Å². The Kier molecular flexibility index (Phi) is 3.00. The lowest BCUT2D eigenvalue weighted by molar-refractivity contribution is -0.141. The van der Waals surface area contributed by atoms with Crippen LogP contribution in [0.15, 0.2) is 0 Å². The first-order valence-corrected chi connectivity index (χ1v) is 5.46. The Balaban J connectivity index is 2.05. The number of carboxylic acid groups (broad SMARTS) is 1. The van der Waals surface area contributed by atoms with Crippen molar-refractivity contribution in [2.24, 2.45) is 0 Å². The van der Waals surface area contributed by atoms with Gasteiger partial charge in [0.15, 0.2) is 0 Å². The molecule has 0 aromatic carbocycles. The lowest BCUT2D eigenvalue weighted by Gasteiger charge is -2.41. The zero-order valence-electron chi connectivity index (χ0n) is 9.26. The molecule has 0 aliphatic carbocycles. The monoisotopic (exact) mass is 228 g/mol. The molecule has 2 aliphatic heterocycles. The highest BCUT2D eigenvalue weighted by Crippen LogP contribution is 2.20. The van der Waals surface area contributed by atoms with Crippen LogP contribution < -0.4 is 0 Å². The van der Waals surface area contributed by atoms with E-state index >= 15 is 0 Å². The fourth-order valence-corrected chi connectivity index (χ4v) is 2.41. The Morgan fingerprint density at radius 2 is 2.31 bits per heavy atom. The van der Waals surface area contributed by atoms with Gasteiger partial charge >= 0.3 is 6.09 Å². The summed E-state index contributed by atoms with van der Waals surface area (Å²) in [5.74, 6) is -0.114. The lowest BCUT2D eigenvalue weighted by atomic mass is 10.1. The molecule has 2 rings (SSSR count). The Labute approximate surface area is 93.8 Å². The van der Waals surface area contributed by atoms with Crippen molar-refractivity contribution in [3.8, 4) is 0 Å². The zero-order valence-corrected chi connectivity index (χ0v) is 9.26. The van der Waals surface area contributed by atoms with Crippen molar-refractivity contribution in [2.45, 2.75) is 25.4 Å². The number of rotatable bonds is 1. The van der Waals surface area contributed by atoms with E-state index in [1.54, 1.807) is 4.90 Å². The number of ether oxygens (including phenoxy) is 1. The maximum absolute atomic E-state index is 11.9. The van der Waals surface area contributed by atoms with E-state index in [0.29, 0.717) is 19.8 Å². The topological polar surface area (TPSA) is 70.1 Å². The molecule has 0 spiro atoms. The first-order chi connectivity index (χ1) is 7.59. The van der Waals surface area contributed by atoms with Crippen molar-refractivity contribution < 1.29 is 19.4 Å². The van der Waals surface area contributed by atoms with Crippen LogP contribution in [0.3, 0.4) is 0 Å². The van der Waals surface area contributed by atoms with Gasteiger partial charge in [-0.1, -0.05) is 0 Å². The second-order valence-electron chi connectivity index (χ2n) is 4.33. The summed E-state index contributed by atoms with van der Waals surface area (Å²) in [4.78, 5) is 25.6. The van der Waals surface area contributed by atoms with Crippen LogP contribution in [0.1, 0.15) is 13.3 Å². The minimum Gasteiger partial charge on any atom is -0.465 e. The number of carbonyl (C=O) groups is 2. The third-order valence-electron chi connectivity index (χ3n) is 3.14. The fourth-order valence-electron chi connectivity index (χ4n) is 2.41. The molecule has 2 heterocycles. The molecule has 2 fully saturated rings. The molecule has 90 valence electrons. The van der Waals surface area contributed by atoms with E-state index in [0.717, 1.165) is 6.42 Å². The summed E-state index contributed by atoms with van der Waals surface area (Å²) in [6, 6.07) is 0.0579. The van der Waals surface area contributed by atoms with Gasteiger partial charge in [-0.15, -0.1) is 0 Å². The van der Waals surface area contributed by atoms with Crippen molar-refractivity contribution in [3.05, 3.63) is 0 Å². The van der Waals surface area contributed by atoms with Crippen LogP contribution in [0.2, 0.25) is 0 Å². The smallest absolute Gasteiger partial charge is 0.407 e. The summed E-state index contributed by atoms with van der Waals surface area (Å²) in [6.07, 6.45) is -0.175. The van der Waals surface area contributed by atoms with Gasteiger partial charge in [-0.05, 0) is 13.3 Å². The third kappa shape index (κ3) is 1.97. The average Bonchev–Trinajstić information content (AvgIpc) is 2.69. The largest absolute Gasteiger partial charge is 0.465 e. The van der Waals surface area contributed by atoms with Gasteiger partial charge in [0.2, 0.25) is 5.91 Å². The summed E-state index contributed by atoms with van der Waals surface area (Å²) in [7, 11) is 0. The molecule has 2 amide bonds. The van der Waals surface area contributed by atoms with Crippen LogP contribution in [0.4, 0.5) is 4.79 Å². The fraction of sp³-hybridized carbons (Fsp3) is 0.800. The molecule has 2 aliphatic rings. The van der Waals surface area contributed by atoms with Gasteiger partial charge in [-0.3, -0.25) is 9.69 Å². The summed E-state index contributed by atoms with van der Waals surface area (Å²) >= 11 is 0. The van der Waals surface area contributed by atoms with Gasteiger partial charge < -0.3 is 14.7 Å². The van der Waals surface area contributed by atoms with E-state index in [2.05, 4.69) is 0 Å². The van der Waals surface area contributed by atoms with Crippen LogP contribution in [-0.4, -0.2) is 65.3 Å². The second kappa shape index (κ2) is 4.29. The molecule has 2 saturated heterocycles. The van der Waals surface area contributed by atoms with Crippen molar-refractivity contribution >= 4 is 12.0 Å². The van der Waals surface area contributed by atoms with Crippen LogP contribution in [0.5, 0.6) is 0 Å². The molecule has 2 unspecified atom stereocenters. The lowest BCUT2D eigenvalue weighted by Crippen LogP contribution is -2.59. The van der Waals surface area contributed by atoms with Gasteiger partial charge in [-0.25, -0.2) is 4.79 Å². The van der Waals surface area contributed by atoms with Crippen LogP contribution >= 0.6 is 0 Å². The average molecular weight is 228 g/mol. The summed E-state index contributed by atoms with van der Waals surface area (Å²) in [6.45, 7) is 3.49.